The highest BCUT2D eigenvalue weighted by Gasteiger charge is 2.26. The third-order valence-corrected chi connectivity index (χ3v) is 7.04. The molecule has 0 fully saturated rings. The Hall–Kier alpha value is -0.110. The molecule has 0 heterocycles. The van der Waals surface area contributed by atoms with E-state index in [1.807, 2.05) is 27.7 Å². The Labute approximate surface area is 176 Å². The average Bonchev–Trinajstić information content (AvgIpc) is 2.60. The minimum absolute atomic E-state index is 0.0568. The Morgan fingerprint density at radius 1 is 0.643 bits per heavy atom. The molecule has 0 aromatic rings. The molecule has 0 spiro atoms. The van der Waals surface area contributed by atoms with Crippen molar-refractivity contribution >= 4 is 7.60 Å². The van der Waals surface area contributed by atoms with Gasteiger partial charge >= 0.3 is 7.60 Å². The molecule has 0 atom stereocenters. The van der Waals surface area contributed by atoms with Crippen LogP contribution < -0.4 is 0 Å². The van der Waals surface area contributed by atoms with Gasteiger partial charge in [-0.3, -0.25) is 4.57 Å². The Balaban J connectivity index is 3.55. The van der Waals surface area contributed by atoms with E-state index in [1.54, 1.807) is 0 Å². The summed E-state index contributed by atoms with van der Waals surface area (Å²) < 4.78 is 23.9. The molecule has 0 aromatic carbocycles. The molecule has 0 bridgehead atoms. The summed E-state index contributed by atoms with van der Waals surface area (Å²) in [6.45, 7) is 9.93. The second kappa shape index (κ2) is 18.9. The molecular weight excluding hydrogens is 367 g/mol. The molecule has 168 valence electrons. The van der Waals surface area contributed by atoms with Gasteiger partial charge in [0.2, 0.25) is 0 Å². The quantitative estimate of drug-likeness (QED) is 0.113. The van der Waals surface area contributed by atoms with E-state index < -0.39 is 7.60 Å². The van der Waals surface area contributed by atoms with Gasteiger partial charge in [0.05, 0.1) is 18.4 Å². The summed E-state index contributed by atoms with van der Waals surface area (Å²) in [5, 5.41) is 0. The van der Waals surface area contributed by atoms with Crippen molar-refractivity contribution < 1.29 is 13.6 Å². The molecule has 0 aliphatic carbocycles. The fourth-order valence-corrected chi connectivity index (χ4v) is 5.48. The van der Waals surface area contributed by atoms with Gasteiger partial charge in [-0.2, -0.15) is 0 Å². The van der Waals surface area contributed by atoms with E-state index in [0.717, 1.165) is 12.8 Å². The lowest BCUT2D eigenvalue weighted by Gasteiger charge is -2.22. The molecule has 0 aliphatic heterocycles. The fourth-order valence-electron chi connectivity index (χ4n) is 3.33. The summed E-state index contributed by atoms with van der Waals surface area (Å²) in [5.41, 5.74) is 0. The van der Waals surface area contributed by atoms with Crippen LogP contribution in [0.2, 0.25) is 0 Å². The zero-order valence-electron chi connectivity index (χ0n) is 19.6. The lowest BCUT2D eigenvalue weighted by Crippen LogP contribution is -2.10. The molecular formula is C24H49O3P. The third kappa shape index (κ3) is 19.2. The van der Waals surface area contributed by atoms with Crippen LogP contribution in [0.4, 0.5) is 0 Å². The van der Waals surface area contributed by atoms with Gasteiger partial charge < -0.3 is 9.05 Å². The van der Waals surface area contributed by atoms with E-state index in [4.69, 9.17) is 9.05 Å². The van der Waals surface area contributed by atoms with E-state index in [0.29, 0.717) is 6.16 Å². The summed E-state index contributed by atoms with van der Waals surface area (Å²) in [6.07, 6.45) is 23.0. The molecule has 0 radical (unpaired) electrons. The zero-order chi connectivity index (χ0) is 21.1. The zero-order valence-corrected chi connectivity index (χ0v) is 20.5. The SMILES string of the molecule is CCCCCCCC/C=C\CCCCCCCCP(=O)(OC(C)C)OC(C)C. The van der Waals surface area contributed by atoms with E-state index in [2.05, 4.69) is 19.1 Å². The van der Waals surface area contributed by atoms with Crippen LogP contribution in [-0.4, -0.2) is 18.4 Å². The fraction of sp³-hybridized carbons (Fsp3) is 0.917. The van der Waals surface area contributed by atoms with Gasteiger partial charge in [-0.15, -0.1) is 0 Å². The van der Waals surface area contributed by atoms with Crippen molar-refractivity contribution in [3.8, 4) is 0 Å². The van der Waals surface area contributed by atoms with Gasteiger partial charge in [0.1, 0.15) is 0 Å². The molecule has 4 heteroatoms. The molecule has 28 heavy (non-hydrogen) atoms. The van der Waals surface area contributed by atoms with Crippen LogP contribution in [0.3, 0.4) is 0 Å². The lowest BCUT2D eigenvalue weighted by molar-refractivity contribution is 0.142. The van der Waals surface area contributed by atoms with E-state index in [1.165, 1.54) is 77.0 Å². The van der Waals surface area contributed by atoms with Gasteiger partial charge in [0, 0.05) is 0 Å². The van der Waals surface area contributed by atoms with E-state index in [-0.39, 0.29) is 12.2 Å². The highest BCUT2D eigenvalue weighted by molar-refractivity contribution is 7.53. The molecule has 0 saturated heterocycles. The summed E-state index contributed by atoms with van der Waals surface area (Å²) >= 11 is 0. The van der Waals surface area contributed by atoms with Crippen molar-refractivity contribution in [1.82, 2.24) is 0 Å². The maximum atomic E-state index is 12.7. The van der Waals surface area contributed by atoms with Crippen molar-refractivity contribution in [2.75, 3.05) is 6.16 Å². The first-order valence-electron chi connectivity index (χ1n) is 12.0. The standard InChI is InChI=1S/C24H49O3P/c1-6-7-8-9-10-11-12-13-14-15-16-17-18-19-20-21-22-28(25,26-23(2)3)27-24(4)5/h13-14,23-24H,6-12,15-22H2,1-5H3/b14-13-. The Kier molecular flexibility index (Phi) is 18.8. The first-order valence-corrected chi connectivity index (χ1v) is 13.7. The van der Waals surface area contributed by atoms with E-state index in [9.17, 15) is 4.57 Å². The smallest absolute Gasteiger partial charge is 0.306 e. The molecule has 3 nitrogen and oxygen atoms in total. The average molecular weight is 417 g/mol. The Morgan fingerprint density at radius 2 is 1.04 bits per heavy atom. The van der Waals surface area contributed by atoms with E-state index >= 15 is 0 Å². The van der Waals surface area contributed by atoms with Gasteiger partial charge in [0.15, 0.2) is 0 Å². The minimum atomic E-state index is -2.93. The number of rotatable bonds is 20. The van der Waals surface area contributed by atoms with Gasteiger partial charge in [-0.1, -0.05) is 76.9 Å². The van der Waals surface area contributed by atoms with Crippen molar-refractivity contribution in [1.29, 1.82) is 0 Å². The van der Waals surface area contributed by atoms with Crippen molar-refractivity contribution in [3.05, 3.63) is 12.2 Å². The molecule has 0 amide bonds. The molecule has 0 unspecified atom stereocenters. The summed E-state index contributed by atoms with van der Waals surface area (Å²) in [7, 11) is -2.93. The predicted octanol–water partition coefficient (Wildman–Crippen LogP) is 9.07. The van der Waals surface area contributed by atoms with Gasteiger partial charge in [-0.25, -0.2) is 0 Å². The van der Waals surface area contributed by atoms with Gasteiger partial charge in [-0.05, 0) is 59.8 Å². The number of unbranched alkanes of at least 4 members (excludes halogenated alkanes) is 12. The normalized spacial score (nSPS) is 12.7. The number of hydrogen-bond donors (Lipinski definition) is 0. The summed E-state index contributed by atoms with van der Waals surface area (Å²) in [5.74, 6) is 0. The highest BCUT2D eigenvalue weighted by Crippen LogP contribution is 2.51. The maximum absolute atomic E-state index is 12.7. The monoisotopic (exact) mass is 416 g/mol. The molecule has 0 N–H and O–H groups in total. The van der Waals surface area contributed by atoms with Gasteiger partial charge in [0.25, 0.3) is 0 Å². The molecule has 0 aliphatic rings. The van der Waals surface area contributed by atoms with Crippen molar-refractivity contribution in [2.24, 2.45) is 0 Å². The number of hydrogen-bond acceptors (Lipinski definition) is 3. The highest BCUT2D eigenvalue weighted by atomic mass is 31.2. The topological polar surface area (TPSA) is 35.5 Å². The van der Waals surface area contributed by atoms with Crippen LogP contribution in [0.25, 0.3) is 0 Å². The first-order chi connectivity index (χ1) is 13.4. The third-order valence-electron chi connectivity index (χ3n) is 4.69. The van der Waals surface area contributed by atoms with Crippen LogP contribution in [0.1, 0.15) is 125 Å². The lowest BCUT2D eigenvalue weighted by atomic mass is 10.1. The molecule has 0 aromatic heterocycles. The minimum Gasteiger partial charge on any atom is -0.306 e. The Bertz CT molecular complexity index is 391. The van der Waals surface area contributed by atoms with Crippen LogP contribution in [0.5, 0.6) is 0 Å². The summed E-state index contributed by atoms with van der Waals surface area (Å²) in [4.78, 5) is 0. The summed E-state index contributed by atoms with van der Waals surface area (Å²) in [6, 6.07) is 0. The van der Waals surface area contributed by atoms with Crippen LogP contribution in [0, 0.1) is 0 Å². The van der Waals surface area contributed by atoms with Crippen LogP contribution in [-0.2, 0) is 13.6 Å². The maximum Gasteiger partial charge on any atom is 0.331 e. The number of allylic oxidation sites excluding steroid dienone is 2. The second-order valence-corrected chi connectivity index (χ2v) is 10.7. The first kappa shape index (κ1) is 27.9. The Morgan fingerprint density at radius 3 is 1.46 bits per heavy atom. The molecule has 0 saturated carbocycles. The van der Waals surface area contributed by atoms with Crippen LogP contribution >= 0.6 is 7.60 Å². The second-order valence-electron chi connectivity index (χ2n) is 8.58. The van der Waals surface area contributed by atoms with Crippen molar-refractivity contribution in [2.45, 2.75) is 137 Å². The predicted molar refractivity (Wildman–Crippen MR) is 124 cm³/mol. The van der Waals surface area contributed by atoms with Crippen LogP contribution in [0.15, 0.2) is 12.2 Å². The molecule has 0 rings (SSSR count). The van der Waals surface area contributed by atoms with Crippen molar-refractivity contribution in [3.63, 3.8) is 0 Å². The largest absolute Gasteiger partial charge is 0.331 e.